The van der Waals surface area contributed by atoms with Crippen molar-refractivity contribution in [3.8, 4) is 0 Å². The van der Waals surface area contributed by atoms with Crippen LogP contribution in [0.5, 0.6) is 0 Å². The van der Waals surface area contributed by atoms with Gasteiger partial charge in [-0.3, -0.25) is 0 Å². The second-order valence-electron chi connectivity index (χ2n) is 7.77. The average Bonchev–Trinajstić information content (AvgIpc) is 3.16. The number of aryl methyl sites for hydroxylation is 1. The Kier molecular flexibility index (Phi) is 9.72. The zero-order chi connectivity index (χ0) is 22.6. The molecule has 5 heteroatoms. The van der Waals surface area contributed by atoms with Crippen molar-refractivity contribution in [3.05, 3.63) is 88.5 Å². The quantitative estimate of drug-likeness (QED) is 0.579. The molecule has 0 amide bonds. The normalized spacial score (nSPS) is 12.3. The fourth-order valence-electron chi connectivity index (χ4n) is 3.56. The van der Waals surface area contributed by atoms with E-state index in [-0.39, 0.29) is 0 Å². The second kappa shape index (κ2) is 12.5. The van der Waals surface area contributed by atoms with Gasteiger partial charge in [-0.05, 0) is 68.5 Å². The molecule has 0 unspecified atom stereocenters. The first-order valence-corrected chi connectivity index (χ1v) is 10.5. The van der Waals surface area contributed by atoms with Crippen LogP contribution in [0.1, 0.15) is 35.1 Å². The van der Waals surface area contributed by atoms with Gasteiger partial charge in [-0.1, -0.05) is 60.2 Å². The van der Waals surface area contributed by atoms with Crippen molar-refractivity contribution in [2.45, 2.75) is 32.6 Å². The summed E-state index contributed by atoms with van der Waals surface area (Å²) in [5, 5.41) is 15.6. The van der Waals surface area contributed by atoms with Crippen LogP contribution in [0.15, 0.2) is 66.3 Å². The van der Waals surface area contributed by atoms with E-state index in [9.17, 15) is 9.59 Å². The molecule has 0 bridgehead atoms. The summed E-state index contributed by atoms with van der Waals surface area (Å²) < 4.78 is 0. The smallest absolute Gasteiger partial charge is 0.328 e. The predicted molar refractivity (Wildman–Crippen MR) is 124 cm³/mol. The molecule has 5 nitrogen and oxygen atoms in total. The molecule has 3 rings (SSSR count). The van der Waals surface area contributed by atoms with Crippen LogP contribution in [0.25, 0.3) is 6.08 Å². The first-order chi connectivity index (χ1) is 14.8. The van der Waals surface area contributed by atoms with E-state index in [2.05, 4.69) is 73.5 Å². The van der Waals surface area contributed by atoms with Crippen molar-refractivity contribution >= 4 is 18.0 Å². The van der Waals surface area contributed by atoms with Crippen molar-refractivity contribution in [1.82, 2.24) is 4.90 Å². The summed E-state index contributed by atoms with van der Waals surface area (Å²) >= 11 is 0. The lowest BCUT2D eigenvalue weighted by atomic mass is 10.0. The molecule has 0 aromatic heterocycles. The zero-order valence-corrected chi connectivity index (χ0v) is 18.3. The van der Waals surface area contributed by atoms with Crippen LogP contribution in [0.2, 0.25) is 0 Å². The largest absolute Gasteiger partial charge is 0.478 e. The third-order valence-electron chi connectivity index (χ3n) is 5.24. The number of likely N-dealkylation sites (N-methyl/N-ethyl adjacent to an activating group) is 1. The molecule has 0 fully saturated rings. The van der Waals surface area contributed by atoms with E-state index >= 15 is 0 Å². The van der Waals surface area contributed by atoms with E-state index in [0.29, 0.717) is 12.2 Å². The Balaban J connectivity index is 0.000000366. The number of hydrogen-bond donors (Lipinski definition) is 2. The maximum absolute atomic E-state index is 9.55. The van der Waals surface area contributed by atoms with Crippen molar-refractivity contribution < 1.29 is 19.8 Å². The highest BCUT2D eigenvalue weighted by Gasteiger charge is 2.14. The molecule has 2 aromatic carbocycles. The molecule has 0 saturated heterocycles. The van der Waals surface area contributed by atoms with Gasteiger partial charge in [0.1, 0.15) is 0 Å². The molecule has 0 heterocycles. The molecule has 0 saturated carbocycles. The summed E-state index contributed by atoms with van der Waals surface area (Å²) in [4.78, 5) is 21.6. The number of carboxylic acids is 2. The molecule has 1 aliphatic carbocycles. The molecule has 2 N–H and O–H groups in total. The van der Waals surface area contributed by atoms with Gasteiger partial charge in [0.2, 0.25) is 0 Å². The Morgan fingerprint density at radius 3 is 2.23 bits per heavy atom. The van der Waals surface area contributed by atoms with Crippen LogP contribution >= 0.6 is 0 Å². The van der Waals surface area contributed by atoms with Crippen molar-refractivity contribution in [2.75, 3.05) is 20.1 Å². The number of fused-ring (bicyclic) bond motifs is 1. The lowest BCUT2D eigenvalue weighted by Crippen LogP contribution is -2.22. The minimum atomic E-state index is -1.26. The average molecular weight is 422 g/mol. The highest BCUT2D eigenvalue weighted by molar-refractivity contribution is 5.89. The first kappa shape index (κ1) is 24.1. The van der Waals surface area contributed by atoms with Gasteiger partial charge in [-0.25, -0.2) is 9.59 Å². The van der Waals surface area contributed by atoms with E-state index in [0.717, 1.165) is 19.4 Å². The number of aliphatic carboxylic acids is 2. The number of allylic oxidation sites excluding steroid dienone is 1. The van der Waals surface area contributed by atoms with Gasteiger partial charge in [0.15, 0.2) is 0 Å². The lowest BCUT2D eigenvalue weighted by Gasteiger charge is -2.16. The first-order valence-electron chi connectivity index (χ1n) is 10.5. The Morgan fingerprint density at radius 1 is 0.935 bits per heavy atom. The summed E-state index contributed by atoms with van der Waals surface area (Å²) in [5.74, 6) is -2.51. The predicted octanol–water partition coefficient (Wildman–Crippen LogP) is 4.60. The van der Waals surface area contributed by atoms with Crippen LogP contribution < -0.4 is 0 Å². The SMILES string of the molecule is Cc1cccc2c1CC(CCCN(C)CCc1ccccc1)=C2.O=C(O)/C=C/C(=O)O. The molecular weight excluding hydrogens is 390 g/mol. The molecule has 0 radical (unpaired) electrons. The Bertz CT molecular complexity index is 916. The third-order valence-corrected chi connectivity index (χ3v) is 5.24. The molecule has 0 aliphatic heterocycles. The van der Waals surface area contributed by atoms with Gasteiger partial charge >= 0.3 is 11.9 Å². The van der Waals surface area contributed by atoms with E-state index < -0.39 is 11.9 Å². The van der Waals surface area contributed by atoms with Crippen molar-refractivity contribution in [1.29, 1.82) is 0 Å². The van der Waals surface area contributed by atoms with Gasteiger partial charge < -0.3 is 15.1 Å². The maximum Gasteiger partial charge on any atom is 0.328 e. The summed E-state index contributed by atoms with van der Waals surface area (Å²) in [7, 11) is 2.24. The number of rotatable bonds is 9. The number of carbonyl (C=O) groups is 2. The van der Waals surface area contributed by atoms with Gasteiger partial charge in [0, 0.05) is 18.7 Å². The Labute approximate surface area is 184 Å². The molecule has 0 atom stereocenters. The number of benzene rings is 2. The fraction of sp³-hybridized carbons (Fsp3) is 0.308. The highest BCUT2D eigenvalue weighted by atomic mass is 16.4. The fourth-order valence-corrected chi connectivity index (χ4v) is 3.56. The van der Waals surface area contributed by atoms with Gasteiger partial charge in [0.25, 0.3) is 0 Å². The second-order valence-corrected chi connectivity index (χ2v) is 7.77. The molecule has 31 heavy (non-hydrogen) atoms. The Hall–Kier alpha value is -3.18. The number of nitrogens with zero attached hydrogens (tertiary/aromatic N) is 1. The molecule has 2 aromatic rings. The minimum absolute atomic E-state index is 0.558. The number of carboxylic acid groups (broad SMARTS) is 2. The van der Waals surface area contributed by atoms with E-state index in [1.54, 1.807) is 11.1 Å². The summed E-state index contributed by atoms with van der Waals surface area (Å²) in [5.41, 5.74) is 7.46. The van der Waals surface area contributed by atoms with E-state index in [4.69, 9.17) is 10.2 Å². The molecular formula is C26H31NO4. The third kappa shape index (κ3) is 9.01. The molecule has 1 aliphatic rings. The molecule has 0 spiro atoms. The van der Waals surface area contributed by atoms with Crippen LogP contribution in [0.4, 0.5) is 0 Å². The number of hydrogen-bond acceptors (Lipinski definition) is 3. The highest BCUT2D eigenvalue weighted by Crippen LogP contribution is 2.29. The van der Waals surface area contributed by atoms with Gasteiger partial charge in [-0.2, -0.15) is 0 Å². The van der Waals surface area contributed by atoms with Gasteiger partial charge in [0.05, 0.1) is 0 Å². The van der Waals surface area contributed by atoms with Crippen molar-refractivity contribution in [3.63, 3.8) is 0 Å². The monoisotopic (exact) mass is 421 g/mol. The minimum Gasteiger partial charge on any atom is -0.478 e. The van der Waals surface area contributed by atoms with Crippen LogP contribution in [0.3, 0.4) is 0 Å². The van der Waals surface area contributed by atoms with E-state index in [1.165, 1.54) is 36.1 Å². The topological polar surface area (TPSA) is 77.8 Å². The molecule has 164 valence electrons. The van der Waals surface area contributed by atoms with Crippen LogP contribution in [-0.2, 0) is 22.4 Å². The van der Waals surface area contributed by atoms with Crippen LogP contribution in [0, 0.1) is 6.92 Å². The van der Waals surface area contributed by atoms with Crippen molar-refractivity contribution in [2.24, 2.45) is 0 Å². The van der Waals surface area contributed by atoms with E-state index in [1.807, 2.05) is 0 Å². The zero-order valence-electron chi connectivity index (χ0n) is 18.3. The lowest BCUT2D eigenvalue weighted by molar-refractivity contribution is -0.134. The van der Waals surface area contributed by atoms with Gasteiger partial charge in [-0.15, -0.1) is 0 Å². The summed E-state index contributed by atoms with van der Waals surface area (Å²) in [6.45, 7) is 4.55. The maximum atomic E-state index is 9.55. The summed E-state index contributed by atoms with van der Waals surface area (Å²) in [6, 6.07) is 17.4. The Morgan fingerprint density at radius 2 is 1.61 bits per heavy atom. The summed E-state index contributed by atoms with van der Waals surface area (Å²) in [6.07, 6.45) is 8.31. The standard InChI is InChI=1S/C22H27N.C4H4O4/c1-18-8-6-12-21-16-20(17-22(18)21)11-7-14-23(2)15-13-19-9-4-3-5-10-19;5-3(6)1-2-4(7)8/h3-6,8-10,12,16H,7,11,13-15,17H2,1-2H3;1-2H,(H,5,6)(H,7,8)/b;2-1+. The van der Waals surface area contributed by atoms with Crippen LogP contribution in [-0.4, -0.2) is 47.2 Å².